The van der Waals surface area contributed by atoms with Crippen LogP contribution in [0.4, 0.5) is 0 Å². The van der Waals surface area contributed by atoms with Crippen LogP contribution in [0.5, 0.6) is 5.75 Å². The summed E-state index contributed by atoms with van der Waals surface area (Å²) in [5, 5.41) is 13.7. The van der Waals surface area contributed by atoms with Crippen molar-refractivity contribution in [1.82, 2.24) is 19.8 Å². The lowest BCUT2D eigenvalue weighted by atomic mass is 10.1. The number of ether oxygens (including phenoxy) is 1. The smallest absolute Gasteiger partial charge is 0.155 e. The highest BCUT2D eigenvalue weighted by Crippen LogP contribution is 2.21. The molecule has 1 aromatic heterocycles. The summed E-state index contributed by atoms with van der Waals surface area (Å²) < 4.78 is 7.44. The summed E-state index contributed by atoms with van der Waals surface area (Å²) in [4.78, 5) is 2.47. The van der Waals surface area contributed by atoms with Gasteiger partial charge in [0, 0.05) is 32.4 Å². The molecular weight excluding hydrogens is 326 g/mol. The van der Waals surface area contributed by atoms with Gasteiger partial charge in [0.1, 0.15) is 11.6 Å². The zero-order chi connectivity index (χ0) is 17.8. The van der Waals surface area contributed by atoms with Crippen molar-refractivity contribution in [3.8, 4) is 5.75 Å². The Hall–Kier alpha value is -2.37. The molecule has 0 unspecified atom stereocenters. The SMILES string of the molecule is COc1ccccc1CCc1nnc2n1N=C(N1CCCCCC1)CC2. The Morgan fingerprint density at radius 1 is 0.962 bits per heavy atom. The van der Waals surface area contributed by atoms with Crippen LogP contribution >= 0.6 is 0 Å². The van der Waals surface area contributed by atoms with Crippen molar-refractivity contribution in [2.75, 3.05) is 20.2 Å². The summed E-state index contributed by atoms with van der Waals surface area (Å²) in [6, 6.07) is 8.16. The maximum atomic E-state index is 5.46. The molecule has 2 aliphatic heterocycles. The molecule has 0 saturated carbocycles. The van der Waals surface area contributed by atoms with Crippen LogP contribution in [0.1, 0.15) is 49.3 Å². The van der Waals surface area contributed by atoms with Crippen molar-refractivity contribution in [3.63, 3.8) is 0 Å². The fourth-order valence-corrected chi connectivity index (χ4v) is 3.87. The first-order valence-corrected chi connectivity index (χ1v) is 9.73. The first-order chi connectivity index (χ1) is 12.8. The summed E-state index contributed by atoms with van der Waals surface area (Å²) in [6.45, 7) is 2.26. The lowest BCUT2D eigenvalue weighted by Gasteiger charge is -2.26. The summed E-state index contributed by atoms with van der Waals surface area (Å²) in [6.07, 6.45) is 8.81. The van der Waals surface area contributed by atoms with Gasteiger partial charge in [0.2, 0.25) is 0 Å². The van der Waals surface area contributed by atoms with E-state index in [1.807, 2.05) is 22.9 Å². The first kappa shape index (κ1) is 17.1. The molecule has 0 amide bonds. The largest absolute Gasteiger partial charge is 0.496 e. The van der Waals surface area contributed by atoms with Crippen LogP contribution in [0.15, 0.2) is 29.4 Å². The molecule has 26 heavy (non-hydrogen) atoms. The molecule has 0 atom stereocenters. The minimum Gasteiger partial charge on any atom is -0.496 e. The third kappa shape index (κ3) is 3.59. The van der Waals surface area contributed by atoms with E-state index < -0.39 is 0 Å². The number of aryl methyl sites for hydroxylation is 3. The van der Waals surface area contributed by atoms with Crippen molar-refractivity contribution in [2.45, 2.75) is 51.4 Å². The van der Waals surface area contributed by atoms with Crippen molar-refractivity contribution < 1.29 is 4.74 Å². The Bertz CT molecular complexity index is 774. The van der Waals surface area contributed by atoms with E-state index in [4.69, 9.17) is 9.84 Å². The number of aromatic nitrogens is 3. The summed E-state index contributed by atoms with van der Waals surface area (Å²) in [7, 11) is 1.72. The number of amidine groups is 1. The van der Waals surface area contributed by atoms with Crippen LogP contribution in [0, 0.1) is 0 Å². The molecule has 6 heteroatoms. The maximum Gasteiger partial charge on any atom is 0.155 e. The highest BCUT2D eigenvalue weighted by atomic mass is 16.5. The van der Waals surface area contributed by atoms with Crippen LogP contribution in [0.25, 0.3) is 0 Å². The van der Waals surface area contributed by atoms with E-state index in [-0.39, 0.29) is 0 Å². The first-order valence-electron chi connectivity index (χ1n) is 9.73. The molecule has 1 saturated heterocycles. The number of methoxy groups -OCH3 is 1. The zero-order valence-corrected chi connectivity index (χ0v) is 15.5. The molecule has 2 aliphatic rings. The van der Waals surface area contributed by atoms with Crippen LogP contribution in [-0.2, 0) is 19.3 Å². The van der Waals surface area contributed by atoms with E-state index in [0.717, 1.165) is 56.2 Å². The Balaban J connectivity index is 1.51. The number of para-hydroxylation sites is 1. The van der Waals surface area contributed by atoms with Gasteiger partial charge in [0.15, 0.2) is 11.6 Å². The third-order valence-electron chi connectivity index (χ3n) is 5.34. The van der Waals surface area contributed by atoms with Gasteiger partial charge in [-0.15, -0.1) is 10.2 Å². The number of rotatable bonds is 4. The molecule has 4 rings (SSSR count). The number of likely N-dealkylation sites (tertiary alicyclic amines) is 1. The molecule has 6 nitrogen and oxygen atoms in total. The predicted octanol–water partition coefficient (Wildman–Crippen LogP) is 3.06. The number of benzene rings is 1. The number of nitrogens with zero attached hydrogens (tertiary/aromatic N) is 5. The van der Waals surface area contributed by atoms with Crippen molar-refractivity contribution in [1.29, 1.82) is 0 Å². The van der Waals surface area contributed by atoms with Gasteiger partial charge in [0.25, 0.3) is 0 Å². The van der Waals surface area contributed by atoms with Crippen LogP contribution in [-0.4, -0.2) is 45.8 Å². The van der Waals surface area contributed by atoms with E-state index >= 15 is 0 Å². The fraction of sp³-hybridized carbons (Fsp3) is 0.550. The van der Waals surface area contributed by atoms with E-state index in [0.29, 0.717) is 0 Å². The second-order valence-electron chi connectivity index (χ2n) is 7.07. The minimum atomic E-state index is 0.810. The molecule has 0 N–H and O–H groups in total. The van der Waals surface area contributed by atoms with Crippen LogP contribution in [0.3, 0.4) is 0 Å². The van der Waals surface area contributed by atoms with Gasteiger partial charge in [-0.25, -0.2) is 0 Å². The minimum absolute atomic E-state index is 0.810. The molecule has 3 heterocycles. The average Bonchev–Trinajstić information content (AvgIpc) is 2.90. The number of hydrogen-bond acceptors (Lipinski definition) is 5. The summed E-state index contributed by atoms with van der Waals surface area (Å²) in [5.74, 6) is 4.06. The normalized spacial score (nSPS) is 17.4. The second-order valence-corrected chi connectivity index (χ2v) is 7.07. The predicted molar refractivity (Wildman–Crippen MR) is 102 cm³/mol. The van der Waals surface area contributed by atoms with Crippen molar-refractivity contribution in [2.24, 2.45) is 5.10 Å². The summed E-state index contributed by atoms with van der Waals surface area (Å²) >= 11 is 0. The average molecular weight is 353 g/mol. The van der Waals surface area contributed by atoms with Gasteiger partial charge in [-0.2, -0.15) is 9.78 Å². The van der Waals surface area contributed by atoms with E-state index in [9.17, 15) is 0 Å². The molecule has 0 spiro atoms. The summed E-state index contributed by atoms with van der Waals surface area (Å²) in [5.41, 5.74) is 1.19. The standard InChI is InChI=1S/C20H27N5O/c1-26-17-9-5-4-8-16(17)10-11-18-21-22-19-12-13-20(23-25(18)19)24-14-6-2-3-7-15-24/h4-5,8-9H,2-3,6-7,10-15H2,1H3. The van der Waals surface area contributed by atoms with Gasteiger partial charge in [-0.3, -0.25) is 0 Å². The van der Waals surface area contributed by atoms with Crippen LogP contribution < -0.4 is 4.74 Å². The molecule has 0 bridgehead atoms. The third-order valence-corrected chi connectivity index (χ3v) is 5.34. The number of hydrogen-bond donors (Lipinski definition) is 0. The van der Waals surface area contributed by atoms with E-state index in [1.54, 1.807) is 7.11 Å². The molecule has 0 radical (unpaired) electrons. The topological polar surface area (TPSA) is 55.5 Å². The molecule has 1 fully saturated rings. The Kier molecular flexibility index (Phi) is 5.18. The molecular formula is C20H27N5O. The molecule has 138 valence electrons. The quantitative estimate of drug-likeness (QED) is 0.848. The lowest BCUT2D eigenvalue weighted by Crippen LogP contribution is -2.35. The van der Waals surface area contributed by atoms with Crippen LogP contribution in [0.2, 0.25) is 0 Å². The van der Waals surface area contributed by atoms with E-state index in [1.165, 1.54) is 37.1 Å². The van der Waals surface area contributed by atoms with Crippen molar-refractivity contribution >= 4 is 5.84 Å². The highest BCUT2D eigenvalue weighted by Gasteiger charge is 2.22. The number of fused-ring (bicyclic) bond motifs is 1. The fourth-order valence-electron chi connectivity index (χ4n) is 3.87. The lowest BCUT2D eigenvalue weighted by molar-refractivity contribution is 0.409. The molecule has 2 aromatic rings. The Morgan fingerprint density at radius 3 is 2.58 bits per heavy atom. The van der Waals surface area contributed by atoms with Gasteiger partial charge in [-0.05, 0) is 30.9 Å². The highest BCUT2D eigenvalue weighted by molar-refractivity contribution is 5.83. The van der Waals surface area contributed by atoms with Gasteiger partial charge >= 0.3 is 0 Å². The molecule has 0 aliphatic carbocycles. The van der Waals surface area contributed by atoms with Gasteiger partial charge < -0.3 is 9.64 Å². The molecule has 1 aromatic carbocycles. The maximum absolute atomic E-state index is 5.46. The van der Waals surface area contributed by atoms with E-state index in [2.05, 4.69) is 21.2 Å². The Morgan fingerprint density at radius 2 is 1.77 bits per heavy atom. The second kappa shape index (κ2) is 7.89. The van der Waals surface area contributed by atoms with Gasteiger partial charge in [0.05, 0.1) is 7.11 Å². The monoisotopic (exact) mass is 353 g/mol. The Labute approximate surface area is 154 Å². The van der Waals surface area contributed by atoms with Gasteiger partial charge in [-0.1, -0.05) is 31.0 Å². The zero-order valence-electron chi connectivity index (χ0n) is 15.5. The van der Waals surface area contributed by atoms with Crippen molar-refractivity contribution in [3.05, 3.63) is 41.5 Å².